The summed E-state index contributed by atoms with van der Waals surface area (Å²) < 4.78 is 128. The van der Waals surface area contributed by atoms with Crippen LogP contribution in [-0.2, 0) is 0 Å². The maximum atomic E-state index is 15.9. The van der Waals surface area contributed by atoms with Gasteiger partial charge in [0.1, 0.15) is 69.1 Å². The van der Waals surface area contributed by atoms with Crippen LogP contribution in [0.25, 0.3) is 21.5 Å². The van der Waals surface area contributed by atoms with Gasteiger partial charge in [-0.3, -0.25) is 0 Å². The number of hydrogen-bond acceptors (Lipinski definition) is 6. The average Bonchev–Trinajstić information content (AvgIpc) is 3.81. The van der Waals surface area contributed by atoms with Crippen molar-refractivity contribution in [3.8, 4) is 0 Å². The SMILES string of the molecule is Fc1ccc(F)c2c1C1=NC2=Nc2c3c(F)ccc(F)c3c3[n]2[Al]([Cl])[n]2c(c4c(F)ccc(F)c4c2=NC2=NC(=N3)c3c(F)ccc(F)c32)=N1. The minimum atomic E-state index is -3.88. The molecule has 0 spiro atoms. The lowest BCUT2D eigenvalue weighted by molar-refractivity contribution is 0.596. The Bertz CT molecular complexity index is 2760. The number of benzene rings is 4. The van der Waals surface area contributed by atoms with Gasteiger partial charge in [-0.1, -0.05) is 0 Å². The van der Waals surface area contributed by atoms with E-state index in [4.69, 9.17) is 10.0 Å². The van der Waals surface area contributed by atoms with Gasteiger partial charge in [0.05, 0.1) is 43.8 Å². The van der Waals surface area contributed by atoms with Crippen molar-refractivity contribution in [1.82, 2.24) is 7.10 Å². The standard InChI is InChI=1S/C32H8F8N8.Al.ClH/c33-9-1-2-10(34)18-17(9)25-41-26(18)46-28-21-13(37)5-6-14(38)22(21)30(43-28)48-32-24-16(40)8-7-15(39)23(24)31(44-32)47-29-20-12(36)4-3-11(35)19(20)27(42-29)45-25;;/h1-8H;;1H/q-2;+3;/p-1. The van der Waals surface area contributed by atoms with E-state index in [9.17, 15) is 0 Å². The van der Waals surface area contributed by atoms with Gasteiger partial charge >= 0.3 is 13.7 Å². The molecule has 6 bridgehead atoms. The van der Waals surface area contributed by atoms with Gasteiger partial charge in [0, 0.05) is 0 Å². The Labute approximate surface area is 280 Å². The van der Waals surface area contributed by atoms with Gasteiger partial charge in [0.25, 0.3) is 0 Å². The van der Waals surface area contributed by atoms with Crippen molar-refractivity contribution in [1.29, 1.82) is 0 Å². The number of nitrogens with zero attached hydrogens (tertiary/aromatic N) is 8. The summed E-state index contributed by atoms with van der Waals surface area (Å²) >= 11 is -3.88. The Morgan fingerprint density at radius 1 is 0.380 bits per heavy atom. The molecule has 18 heteroatoms. The second-order valence-corrected chi connectivity index (χ2v) is 14.3. The van der Waals surface area contributed by atoms with Gasteiger partial charge in [0.2, 0.25) is 0 Å². The first-order valence-electron chi connectivity index (χ1n) is 14.5. The molecule has 4 aromatic carbocycles. The summed E-state index contributed by atoms with van der Waals surface area (Å²) in [5.74, 6) is -11.5. The highest BCUT2D eigenvalue weighted by Crippen LogP contribution is 2.44. The monoisotopic (exact) mass is 718 g/mol. The summed E-state index contributed by atoms with van der Waals surface area (Å²) in [5.41, 5.74) is -3.05. The first-order chi connectivity index (χ1) is 24.0. The van der Waals surface area contributed by atoms with E-state index in [1.165, 1.54) is 0 Å². The van der Waals surface area contributed by atoms with E-state index in [-0.39, 0.29) is 0 Å². The third-order valence-corrected chi connectivity index (χ3v) is 11.8. The van der Waals surface area contributed by atoms with Gasteiger partial charge in [-0.25, -0.2) is 65.1 Å². The second-order valence-electron chi connectivity index (χ2n) is 11.4. The van der Waals surface area contributed by atoms with Crippen LogP contribution in [-0.4, -0.2) is 44.1 Å². The van der Waals surface area contributed by atoms with Crippen LogP contribution in [0.15, 0.2) is 78.5 Å². The Morgan fingerprint density at radius 2 is 0.680 bits per heavy atom. The lowest BCUT2D eigenvalue weighted by Crippen LogP contribution is -2.43. The Morgan fingerprint density at radius 3 is 1.04 bits per heavy atom. The predicted molar refractivity (Wildman–Crippen MR) is 167 cm³/mol. The molecule has 0 unspecified atom stereocenters. The quantitative estimate of drug-likeness (QED) is 0.131. The summed E-state index contributed by atoms with van der Waals surface area (Å²) in [7, 11) is 7.30. The Balaban J connectivity index is 1.55. The molecule has 50 heavy (non-hydrogen) atoms. The highest BCUT2D eigenvalue weighted by atomic mass is 35.6. The largest absolute Gasteiger partial charge is 0.722 e. The lowest BCUT2D eigenvalue weighted by atomic mass is 10.1. The van der Waals surface area contributed by atoms with Gasteiger partial charge in [-0.05, 0) is 48.5 Å². The fourth-order valence-corrected chi connectivity index (χ4v) is 9.64. The van der Waals surface area contributed by atoms with E-state index >= 15 is 35.1 Å². The minimum absolute atomic E-state index is 0.502. The van der Waals surface area contributed by atoms with E-state index in [2.05, 4.69) is 30.0 Å². The zero-order valence-electron chi connectivity index (χ0n) is 24.2. The molecule has 2 aromatic heterocycles. The van der Waals surface area contributed by atoms with Crippen molar-refractivity contribution in [2.24, 2.45) is 30.0 Å². The fraction of sp³-hybridized carbons (Fsp3) is 0. The van der Waals surface area contributed by atoms with Crippen LogP contribution in [0, 0.1) is 46.5 Å². The maximum absolute atomic E-state index is 15.9. The molecule has 0 radical (unpaired) electrons. The van der Waals surface area contributed by atoms with Crippen LogP contribution in [0.2, 0.25) is 0 Å². The van der Waals surface area contributed by atoms with Gasteiger partial charge in [0.15, 0.2) is 23.3 Å². The van der Waals surface area contributed by atoms with Crippen molar-refractivity contribution in [3.63, 3.8) is 0 Å². The number of hydrogen-bond donors (Lipinski definition) is 0. The highest BCUT2D eigenvalue weighted by molar-refractivity contribution is 7.05. The van der Waals surface area contributed by atoms with E-state index in [0.29, 0.717) is 0 Å². The van der Waals surface area contributed by atoms with Crippen LogP contribution in [0.3, 0.4) is 0 Å². The van der Waals surface area contributed by atoms with Crippen LogP contribution in [0.4, 0.5) is 46.8 Å². The molecule has 0 atom stereocenters. The molecule has 4 aliphatic rings. The lowest BCUT2D eigenvalue weighted by Gasteiger charge is -2.15. The molecule has 4 aliphatic heterocycles. The molecule has 6 heterocycles. The summed E-state index contributed by atoms with van der Waals surface area (Å²) in [5, 5.41) is -2.20. The first-order valence-corrected chi connectivity index (χ1v) is 17.2. The molecule has 242 valence electrons. The number of aromatic nitrogens is 2. The predicted octanol–water partition coefficient (Wildman–Crippen LogP) is 6.27. The van der Waals surface area contributed by atoms with Gasteiger partial charge in [-0.2, -0.15) is 10.0 Å². The normalized spacial score (nSPS) is 15.3. The number of fused-ring (bicyclic) bond motifs is 14. The van der Waals surface area contributed by atoms with Crippen molar-refractivity contribution in [2.75, 3.05) is 0 Å². The number of amidine groups is 4. The molecule has 0 saturated carbocycles. The number of rotatable bonds is 0. The number of halogens is 9. The molecule has 8 nitrogen and oxygen atoms in total. The number of aliphatic imine (C=N–C) groups is 4. The van der Waals surface area contributed by atoms with E-state index < -0.39 is 150 Å². The molecule has 0 aliphatic carbocycles. The van der Waals surface area contributed by atoms with Crippen LogP contribution in [0.5, 0.6) is 0 Å². The molecule has 10 rings (SSSR count). The first kappa shape index (κ1) is 29.4. The zero-order chi connectivity index (χ0) is 34.5. The van der Waals surface area contributed by atoms with E-state index in [1.54, 1.807) is 0 Å². The third-order valence-electron chi connectivity index (χ3n) is 8.81. The van der Waals surface area contributed by atoms with Crippen molar-refractivity contribution >= 4 is 80.2 Å². The molecule has 0 fully saturated rings. The summed E-state index contributed by atoms with van der Waals surface area (Å²) in [6.07, 6.45) is 0. The van der Waals surface area contributed by atoms with Crippen molar-refractivity contribution in [3.05, 3.63) is 128 Å². The molecule has 6 aromatic rings. The summed E-state index contributed by atoms with van der Waals surface area (Å²) in [6, 6.07) is 6.29. The smallest absolute Gasteiger partial charge is 0.370 e. The average molecular weight is 719 g/mol. The summed E-state index contributed by atoms with van der Waals surface area (Å²) in [6.45, 7) is 0. The van der Waals surface area contributed by atoms with Crippen LogP contribution < -0.4 is 11.0 Å². The second kappa shape index (κ2) is 9.81. The molecule has 0 amide bonds. The minimum Gasteiger partial charge on any atom is -0.370 e. The van der Waals surface area contributed by atoms with E-state index in [1.807, 2.05) is 0 Å². The Kier molecular flexibility index (Phi) is 5.77. The van der Waals surface area contributed by atoms with E-state index in [0.717, 1.165) is 55.6 Å². The van der Waals surface area contributed by atoms with Crippen LogP contribution in [0.1, 0.15) is 22.3 Å². The topological polar surface area (TPSA) is 84.0 Å². The van der Waals surface area contributed by atoms with Crippen LogP contribution >= 0.6 is 10.0 Å². The fourth-order valence-electron chi connectivity index (χ4n) is 6.75. The maximum Gasteiger partial charge on any atom is 0.722 e. The molecular formula is C32H8AlClF8N8. The molecule has 0 saturated heterocycles. The molecular weight excluding hydrogens is 711 g/mol. The zero-order valence-corrected chi connectivity index (χ0v) is 26.1. The van der Waals surface area contributed by atoms with Crippen molar-refractivity contribution < 1.29 is 35.1 Å². The van der Waals surface area contributed by atoms with Gasteiger partial charge < -0.3 is 7.10 Å². The summed E-state index contributed by atoms with van der Waals surface area (Å²) in [4.78, 5) is 26.0. The third kappa shape index (κ3) is 3.61. The van der Waals surface area contributed by atoms with Crippen molar-refractivity contribution in [2.45, 2.75) is 0 Å². The Hall–Kier alpha value is -5.50. The molecule has 0 N–H and O–H groups in total. The van der Waals surface area contributed by atoms with Gasteiger partial charge in [-0.15, -0.1) is 0 Å². The highest BCUT2D eigenvalue weighted by Gasteiger charge is 2.41.